The van der Waals surface area contributed by atoms with Gasteiger partial charge in [0, 0.05) is 23.7 Å². The van der Waals surface area contributed by atoms with Crippen molar-refractivity contribution in [2.45, 2.75) is 58.0 Å². The number of carbonyl (C=O) groups is 1. The first kappa shape index (κ1) is 17.7. The van der Waals surface area contributed by atoms with Crippen LogP contribution in [0.3, 0.4) is 0 Å². The van der Waals surface area contributed by atoms with E-state index in [2.05, 4.69) is 36.7 Å². The van der Waals surface area contributed by atoms with E-state index in [1.807, 2.05) is 24.4 Å². The van der Waals surface area contributed by atoms with Crippen LogP contribution in [0.2, 0.25) is 0 Å². The Labute approximate surface area is 149 Å². The number of piperidine rings is 1. The number of nitrogens with zero attached hydrogens (tertiary/aromatic N) is 2. The molecule has 2 aromatic heterocycles. The molecule has 5 nitrogen and oxygen atoms in total. The minimum atomic E-state index is -0.517. The Morgan fingerprint density at radius 3 is 2.80 bits per heavy atom. The van der Waals surface area contributed by atoms with Gasteiger partial charge in [-0.05, 0) is 37.6 Å². The average molecular weight is 341 g/mol. The van der Waals surface area contributed by atoms with Crippen LogP contribution in [0.4, 0.5) is 0 Å². The molecule has 0 radical (unpaired) electrons. The SMILES string of the molecule is CC(C)(C)c1oc(C(N)=O)cc1CN1CCCCC1c1ccccn1. The molecule has 3 heterocycles. The first-order valence-electron chi connectivity index (χ1n) is 8.94. The predicted molar refractivity (Wildman–Crippen MR) is 97.2 cm³/mol. The molecule has 1 fully saturated rings. The second-order valence-corrected chi connectivity index (χ2v) is 7.82. The van der Waals surface area contributed by atoms with Gasteiger partial charge in [0.25, 0.3) is 5.91 Å². The summed E-state index contributed by atoms with van der Waals surface area (Å²) < 4.78 is 5.81. The van der Waals surface area contributed by atoms with Gasteiger partial charge < -0.3 is 10.2 Å². The quantitative estimate of drug-likeness (QED) is 0.918. The predicted octanol–water partition coefficient (Wildman–Crippen LogP) is 3.80. The fraction of sp³-hybridized carbons (Fsp3) is 0.500. The van der Waals surface area contributed by atoms with E-state index in [4.69, 9.17) is 10.2 Å². The van der Waals surface area contributed by atoms with Crippen molar-refractivity contribution in [2.24, 2.45) is 5.73 Å². The molecule has 0 saturated carbocycles. The topological polar surface area (TPSA) is 72.4 Å². The zero-order chi connectivity index (χ0) is 18.0. The third-order valence-corrected chi connectivity index (χ3v) is 4.75. The van der Waals surface area contributed by atoms with Crippen molar-refractivity contribution in [1.29, 1.82) is 0 Å². The molecule has 1 saturated heterocycles. The van der Waals surface area contributed by atoms with Crippen LogP contribution in [0.25, 0.3) is 0 Å². The summed E-state index contributed by atoms with van der Waals surface area (Å²) in [6.07, 6.45) is 5.34. The van der Waals surface area contributed by atoms with Crippen LogP contribution in [0.15, 0.2) is 34.9 Å². The van der Waals surface area contributed by atoms with Gasteiger partial charge in [0.1, 0.15) is 5.76 Å². The zero-order valence-corrected chi connectivity index (χ0v) is 15.3. The maximum absolute atomic E-state index is 11.6. The fourth-order valence-electron chi connectivity index (χ4n) is 3.61. The summed E-state index contributed by atoms with van der Waals surface area (Å²) in [7, 11) is 0. The third-order valence-electron chi connectivity index (χ3n) is 4.75. The number of nitrogens with two attached hydrogens (primary N) is 1. The number of rotatable bonds is 4. The molecular formula is C20H27N3O2. The smallest absolute Gasteiger partial charge is 0.284 e. The molecule has 134 valence electrons. The molecule has 1 unspecified atom stereocenters. The van der Waals surface area contributed by atoms with Crippen molar-refractivity contribution >= 4 is 5.91 Å². The molecule has 0 bridgehead atoms. The second-order valence-electron chi connectivity index (χ2n) is 7.82. The average Bonchev–Trinajstić information content (AvgIpc) is 3.01. The summed E-state index contributed by atoms with van der Waals surface area (Å²) in [5.74, 6) is 0.564. The Balaban J connectivity index is 1.90. The number of hydrogen-bond donors (Lipinski definition) is 1. The van der Waals surface area contributed by atoms with Gasteiger partial charge in [-0.3, -0.25) is 14.7 Å². The summed E-state index contributed by atoms with van der Waals surface area (Å²) >= 11 is 0. The van der Waals surface area contributed by atoms with Gasteiger partial charge in [0.05, 0.1) is 11.7 Å². The molecule has 2 N–H and O–H groups in total. The third kappa shape index (κ3) is 3.93. The minimum Gasteiger partial charge on any atom is -0.455 e. The van der Waals surface area contributed by atoms with E-state index in [1.165, 1.54) is 12.8 Å². The number of hydrogen-bond acceptors (Lipinski definition) is 4. The van der Waals surface area contributed by atoms with Crippen LogP contribution in [-0.4, -0.2) is 22.3 Å². The molecule has 1 aliphatic heterocycles. The molecule has 3 rings (SSSR count). The summed E-state index contributed by atoms with van der Waals surface area (Å²) in [6.45, 7) is 8.03. The molecule has 2 aromatic rings. The van der Waals surface area contributed by atoms with E-state index in [0.717, 1.165) is 36.5 Å². The highest BCUT2D eigenvalue weighted by Gasteiger charge is 2.30. The summed E-state index contributed by atoms with van der Waals surface area (Å²) in [4.78, 5) is 18.6. The number of furan rings is 1. The van der Waals surface area contributed by atoms with Crippen molar-refractivity contribution in [3.63, 3.8) is 0 Å². The molecule has 1 atom stereocenters. The number of likely N-dealkylation sites (tertiary alicyclic amines) is 1. The number of carbonyl (C=O) groups excluding carboxylic acids is 1. The van der Waals surface area contributed by atoms with Crippen molar-refractivity contribution in [3.8, 4) is 0 Å². The van der Waals surface area contributed by atoms with Gasteiger partial charge in [0.15, 0.2) is 5.76 Å². The van der Waals surface area contributed by atoms with Crippen LogP contribution in [0.1, 0.15) is 73.6 Å². The van der Waals surface area contributed by atoms with Gasteiger partial charge in [-0.1, -0.05) is 33.3 Å². The molecule has 0 aliphatic carbocycles. The van der Waals surface area contributed by atoms with E-state index in [9.17, 15) is 4.79 Å². The first-order valence-corrected chi connectivity index (χ1v) is 8.94. The Bertz CT molecular complexity index is 731. The molecule has 1 amide bonds. The molecule has 0 spiro atoms. The zero-order valence-electron chi connectivity index (χ0n) is 15.3. The van der Waals surface area contributed by atoms with Gasteiger partial charge >= 0.3 is 0 Å². The standard InChI is InChI=1S/C20H27N3O2/c1-20(2,3)18-14(12-17(25-18)19(21)24)13-23-11-7-5-9-16(23)15-8-4-6-10-22-15/h4,6,8,10,12,16H,5,7,9,11,13H2,1-3H3,(H2,21,24). The highest BCUT2D eigenvalue weighted by Crippen LogP contribution is 2.35. The molecular weight excluding hydrogens is 314 g/mol. The maximum Gasteiger partial charge on any atom is 0.284 e. The van der Waals surface area contributed by atoms with E-state index >= 15 is 0 Å². The van der Waals surface area contributed by atoms with E-state index < -0.39 is 5.91 Å². The van der Waals surface area contributed by atoms with Gasteiger partial charge in [-0.25, -0.2) is 0 Å². The molecule has 1 aliphatic rings. The molecule has 5 heteroatoms. The number of primary amides is 1. The summed E-state index contributed by atoms with van der Waals surface area (Å²) in [5, 5.41) is 0. The number of pyridine rings is 1. The number of aromatic nitrogens is 1. The van der Waals surface area contributed by atoms with Gasteiger partial charge in [-0.15, -0.1) is 0 Å². The van der Waals surface area contributed by atoms with Crippen LogP contribution in [-0.2, 0) is 12.0 Å². The van der Waals surface area contributed by atoms with Crippen LogP contribution >= 0.6 is 0 Å². The summed E-state index contributed by atoms with van der Waals surface area (Å²) in [6, 6.07) is 8.20. The lowest BCUT2D eigenvalue weighted by Crippen LogP contribution is -2.34. The van der Waals surface area contributed by atoms with Crippen LogP contribution in [0.5, 0.6) is 0 Å². The highest BCUT2D eigenvalue weighted by atomic mass is 16.4. The molecule has 0 aromatic carbocycles. The van der Waals surface area contributed by atoms with Crippen LogP contribution in [0, 0.1) is 0 Å². The van der Waals surface area contributed by atoms with Crippen LogP contribution < -0.4 is 5.73 Å². The van der Waals surface area contributed by atoms with Crippen molar-refractivity contribution < 1.29 is 9.21 Å². The second kappa shape index (κ2) is 7.00. The normalized spacial score (nSPS) is 19.1. The maximum atomic E-state index is 11.6. The van der Waals surface area contributed by atoms with Crippen molar-refractivity contribution in [2.75, 3.05) is 6.54 Å². The van der Waals surface area contributed by atoms with Gasteiger partial charge in [-0.2, -0.15) is 0 Å². The monoisotopic (exact) mass is 341 g/mol. The highest BCUT2D eigenvalue weighted by molar-refractivity contribution is 5.90. The van der Waals surface area contributed by atoms with Gasteiger partial charge in [0.2, 0.25) is 0 Å². The Morgan fingerprint density at radius 1 is 1.36 bits per heavy atom. The minimum absolute atomic E-state index is 0.181. The Kier molecular flexibility index (Phi) is 4.95. The fourth-order valence-corrected chi connectivity index (χ4v) is 3.61. The van der Waals surface area contributed by atoms with Crippen molar-refractivity contribution in [3.05, 3.63) is 53.2 Å². The largest absolute Gasteiger partial charge is 0.455 e. The summed E-state index contributed by atoms with van der Waals surface area (Å²) in [5.41, 5.74) is 7.41. The first-order chi connectivity index (χ1) is 11.9. The molecule has 25 heavy (non-hydrogen) atoms. The Morgan fingerprint density at radius 2 is 2.16 bits per heavy atom. The van der Waals surface area contributed by atoms with E-state index in [-0.39, 0.29) is 11.2 Å². The number of amides is 1. The lowest BCUT2D eigenvalue weighted by molar-refractivity contribution is 0.0970. The van der Waals surface area contributed by atoms with E-state index in [0.29, 0.717) is 6.04 Å². The lowest BCUT2D eigenvalue weighted by Gasteiger charge is -2.35. The lowest BCUT2D eigenvalue weighted by atomic mass is 9.89. The van der Waals surface area contributed by atoms with E-state index in [1.54, 1.807) is 0 Å². The Hall–Kier alpha value is -2.14. The van der Waals surface area contributed by atoms with Crippen molar-refractivity contribution in [1.82, 2.24) is 9.88 Å².